The van der Waals surface area contributed by atoms with Gasteiger partial charge in [0.25, 0.3) is 0 Å². The van der Waals surface area contributed by atoms with Crippen LogP contribution in [0.15, 0.2) is 54.6 Å². The van der Waals surface area contributed by atoms with Crippen molar-refractivity contribution in [3.63, 3.8) is 0 Å². The highest BCUT2D eigenvalue weighted by atomic mass is 16.3. The summed E-state index contributed by atoms with van der Waals surface area (Å²) in [6.07, 6.45) is 0.505. The summed E-state index contributed by atoms with van der Waals surface area (Å²) in [6, 6.07) is 18.6. The Morgan fingerprint density at radius 2 is 1.44 bits per heavy atom. The third kappa shape index (κ3) is 1.44. The van der Waals surface area contributed by atoms with Gasteiger partial charge in [0, 0.05) is 5.92 Å². The lowest BCUT2D eigenvalue weighted by Crippen LogP contribution is -1.95. The molecule has 0 aliphatic heterocycles. The van der Waals surface area contributed by atoms with Crippen LogP contribution in [0.25, 0.3) is 0 Å². The second-order valence-corrected chi connectivity index (χ2v) is 4.34. The number of benzene rings is 2. The zero-order valence-electron chi connectivity index (χ0n) is 9.01. The molecule has 0 heterocycles. The molecule has 2 aromatic carbocycles. The second kappa shape index (κ2) is 3.76. The molecule has 0 fully saturated rings. The van der Waals surface area contributed by atoms with Crippen LogP contribution in [0.3, 0.4) is 0 Å². The predicted molar refractivity (Wildman–Crippen MR) is 64.3 cm³/mol. The first-order chi connectivity index (χ1) is 7.86. The molecule has 0 saturated heterocycles. The molecule has 16 heavy (non-hydrogen) atoms. The molecule has 2 aromatic rings. The maximum Gasteiger partial charge on any atom is 0.0802 e. The Hall–Kier alpha value is -1.60. The minimum atomic E-state index is -0.304. The lowest BCUT2D eigenvalue weighted by Gasteiger charge is -2.11. The fourth-order valence-corrected chi connectivity index (χ4v) is 2.61. The second-order valence-electron chi connectivity index (χ2n) is 4.34. The van der Waals surface area contributed by atoms with Crippen LogP contribution in [0.2, 0.25) is 0 Å². The maximum absolute atomic E-state index is 10.0. The molecular weight excluding hydrogens is 196 g/mol. The first kappa shape index (κ1) is 9.61. The summed E-state index contributed by atoms with van der Waals surface area (Å²) in [4.78, 5) is 0. The van der Waals surface area contributed by atoms with Crippen molar-refractivity contribution in [1.82, 2.24) is 0 Å². The van der Waals surface area contributed by atoms with Crippen LogP contribution in [0.1, 0.15) is 35.1 Å². The third-order valence-electron chi connectivity index (χ3n) is 3.39. The van der Waals surface area contributed by atoms with Gasteiger partial charge in [-0.2, -0.15) is 0 Å². The van der Waals surface area contributed by atoms with Crippen LogP contribution >= 0.6 is 0 Å². The molecule has 1 aliphatic rings. The van der Waals surface area contributed by atoms with Gasteiger partial charge in [0.1, 0.15) is 0 Å². The van der Waals surface area contributed by atoms with Crippen molar-refractivity contribution < 1.29 is 5.11 Å². The quantitative estimate of drug-likeness (QED) is 0.766. The third-order valence-corrected chi connectivity index (χ3v) is 3.39. The Balaban J connectivity index is 2.07. The molecule has 3 rings (SSSR count). The van der Waals surface area contributed by atoms with E-state index in [2.05, 4.69) is 30.3 Å². The van der Waals surface area contributed by atoms with Gasteiger partial charge in [-0.15, -0.1) is 0 Å². The minimum absolute atomic E-state index is 0.304. The Kier molecular flexibility index (Phi) is 2.26. The van der Waals surface area contributed by atoms with Crippen molar-refractivity contribution in [2.75, 3.05) is 0 Å². The Bertz CT molecular complexity index is 490. The van der Waals surface area contributed by atoms with Gasteiger partial charge in [0.2, 0.25) is 0 Å². The van der Waals surface area contributed by atoms with Crippen LogP contribution in [0.5, 0.6) is 0 Å². The number of rotatable bonds is 1. The Morgan fingerprint density at radius 1 is 0.812 bits per heavy atom. The normalized spacial score (nSPS) is 23.1. The number of fused-ring (bicyclic) bond motifs is 1. The van der Waals surface area contributed by atoms with Crippen molar-refractivity contribution in [3.05, 3.63) is 71.3 Å². The van der Waals surface area contributed by atoms with Gasteiger partial charge in [-0.05, 0) is 23.1 Å². The summed E-state index contributed by atoms with van der Waals surface area (Å²) in [7, 11) is 0. The summed E-state index contributed by atoms with van der Waals surface area (Å²) in [5, 5.41) is 10.0. The largest absolute Gasteiger partial charge is 0.388 e. The van der Waals surface area contributed by atoms with Crippen molar-refractivity contribution in [2.45, 2.75) is 18.4 Å². The molecule has 0 amide bonds. The van der Waals surface area contributed by atoms with E-state index in [4.69, 9.17) is 0 Å². The highest BCUT2D eigenvalue weighted by Crippen LogP contribution is 2.43. The smallest absolute Gasteiger partial charge is 0.0802 e. The molecule has 0 spiro atoms. The van der Waals surface area contributed by atoms with E-state index in [1.807, 2.05) is 24.3 Å². The first-order valence-electron chi connectivity index (χ1n) is 5.68. The Labute approximate surface area is 95.4 Å². The van der Waals surface area contributed by atoms with Crippen molar-refractivity contribution in [3.8, 4) is 0 Å². The van der Waals surface area contributed by atoms with Crippen LogP contribution in [-0.2, 0) is 0 Å². The molecule has 0 saturated carbocycles. The van der Waals surface area contributed by atoms with Gasteiger partial charge >= 0.3 is 0 Å². The van der Waals surface area contributed by atoms with E-state index in [9.17, 15) is 5.11 Å². The van der Waals surface area contributed by atoms with Crippen LogP contribution in [0.4, 0.5) is 0 Å². The van der Waals surface area contributed by atoms with E-state index < -0.39 is 0 Å². The van der Waals surface area contributed by atoms with E-state index in [-0.39, 0.29) is 6.10 Å². The highest BCUT2D eigenvalue weighted by Gasteiger charge is 2.29. The molecule has 2 atom stereocenters. The van der Waals surface area contributed by atoms with Crippen molar-refractivity contribution in [2.24, 2.45) is 0 Å². The fourth-order valence-electron chi connectivity index (χ4n) is 2.61. The predicted octanol–water partition coefficient (Wildman–Crippen LogP) is 3.26. The minimum Gasteiger partial charge on any atom is -0.388 e. The van der Waals surface area contributed by atoms with E-state index in [0.29, 0.717) is 5.92 Å². The van der Waals surface area contributed by atoms with Gasteiger partial charge in [-0.3, -0.25) is 0 Å². The van der Waals surface area contributed by atoms with E-state index in [1.165, 1.54) is 11.1 Å². The van der Waals surface area contributed by atoms with Gasteiger partial charge in [0.15, 0.2) is 0 Å². The number of hydrogen-bond acceptors (Lipinski definition) is 1. The molecule has 0 bridgehead atoms. The lowest BCUT2D eigenvalue weighted by molar-refractivity contribution is 0.176. The summed E-state index contributed by atoms with van der Waals surface area (Å²) < 4.78 is 0. The topological polar surface area (TPSA) is 20.2 Å². The van der Waals surface area contributed by atoms with E-state index in [0.717, 1.165) is 12.0 Å². The fraction of sp³-hybridized carbons (Fsp3) is 0.200. The Morgan fingerprint density at radius 3 is 2.19 bits per heavy atom. The average molecular weight is 210 g/mol. The van der Waals surface area contributed by atoms with Gasteiger partial charge < -0.3 is 5.11 Å². The summed E-state index contributed by atoms with van der Waals surface area (Å²) in [6.45, 7) is 0. The molecule has 1 N–H and O–H groups in total. The van der Waals surface area contributed by atoms with E-state index in [1.54, 1.807) is 0 Å². The van der Waals surface area contributed by atoms with Gasteiger partial charge in [0.05, 0.1) is 6.10 Å². The standard InChI is InChI=1S/C15H14O/c16-15-10-14(11-6-2-1-3-7-11)12-8-4-5-9-13(12)15/h1-9,14-16H,10H2/t14-,15?/m0/s1. The number of aliphatic hydroxyl groups is 1. The number of aliphatic hydroxyl groups excluding tert-OH is 1. The van der Waals surface area contributed by atoms with Gasteiger partial charge in [-0.25, -0.2) is 0 Å². The molecule has 1 unspecified atom stereocenters. The average Bonchev–Trinajstić information content (AvgIpc) is 2.69. The van der Waals surface area contributed by atoms with Crippen molar-refractivity contribution in [1.29, 1.82) is 0 Å². The zero-order chi connectivity index (χ0) is 11.0. The van der Waals surface area contributed by atoms with E-state index >= 15 is 0 Å². The zero-order valence-corrected chi connectivity index (χ0v) is 9.01. The van der Waals surface area contributed by atoms with Crippen molar-refractivity contribution >= 4 is 0 Å². The summed E-state index contributed by atoms with van der Waals surface area (Å²) in [5.74, 6) is 0.354. The molecule has 0 aromatic heterocycles. The maximum atomic E-state index is 10.0. The first-order valence-corrected chi connectivity index (χ1v) is 5.68. The molecular formula is C15H14O. The number of hydrogen-bond donors (Lipinski definition) is 1. The monoisotopic (exact) mass is 210 g/mol. The molecule has 80 valence electrons. The van der Waals surface area contributed by atoms with Crippen LogP contribution in [0, 0.1) is 0 Å². The SMILES string of the molecule is OC1C[C@@H](c2ccccc2)c2ccccc21. The highest BCUT2D eigenvalue weighted by molar-refractivity contribution is 5.43. The summed E-state index contributed by atoms with van der Waals surface area (Å²) >= 11 is 0. The summed E-state index contributed by atoms with van der Waals surface area (Å²) in [5.41, 5.74) is 3.67. The van der Waals surface area contributed by atoms with Crippen LogP contribution in [-0.4, -0.2) is 5.11 Å². The van der Waals surface area contributed by atoms with Crippen LogP contribution < -0.4 is 0 Å². The molecule has 0 radical (unpaired) electrons. The molecule has 1 nitrogen and oxygen atoms in total. The lowest BCUT2D eigenvalue weighted by atomic mass is 9.93. The molecule has 1 aliphatic carbocycles. The molecule has 1 heteroatoms. The van der Waals surface area contributed by atoms with Gasteiger partial charge in [-0.1, -0.05) is 54.6 Å².